The SMILES string of the molecule is CCN(C(=O)c1cccc(NCC(=O)Nc2cccc(C(=O)N3CCOCC3)c2)c1)c1ccccc1. The lowest BCUT2D eigenvalue weighted by molar-refractivity contribution is -0.114. The van der Waals surface area contributed by atoms with Gasteiger partial charge >= 0.3 is 0 Å². The van der Waals surface area contributed by atoms with Crippen LogP contribution >= 0.6 is 0 Å². The molecular weight excluding hydrogens is 456 g/mol. The van der Waals surface area contributed by atoms with Gasteiger partial charge < -0.3 is 25.2 Å². The van der Waals surface area contributed by atoms with Crippen LogP contribution in [0.3, 0.4) is 0 Å². The van der Waals surface area contributed by atoms with Crippen LogP contribution in [0.25, 0.3) is 0 Å². The van der Waals surface area contributed by atoms with Gasteiger partial charge in [-0.25, -0.2) is 0 Å². The van der Waals surface area contributed by atoms with Gasteiger partial charge in [0, 0.05) is 47.8 Å². The molecular formula is C28H30N4O4. The molecule has 1 aliphatic heterocycles. The minimum atomic E-state index is -0.262. The third kappa shape index (κ3) is 6.28. The summed E-state index contributed by atoms with van der Waals surface area (Å²) in [4.78, 5) is 41.8. The zero-order valence-electron chi connectivity index (χ0n) is 20.3. The quantitative estimate of drug-likeness (QED) is 0.504. The monoisotopic (exact) mass is 486 g/mol. The van der Waals surface area contributed by atoms with E-state index in [0.717, 1.165) is 5.69 Å². The maximum Gasteiger partial charge on any atom is 0.258 e. The number of carbonyl (C=O) groups excluding carboxylic acids is 3. The summed E-state index contributed by atoms with van der Waals surface area (Å²) in [7, 11) is 0. The molecule has 2 N–H and O–H groups in total. The van der Waals surface area contributed by atoms with Crippen molar-refractivity contribution in [1.29, 1.82) is 0 Å². The third-order valence-electron chi connectivity index (χ3n) is 5.88. The molecule has 36 heavy (non-hydrogen) atoms. The number of nitrogens with one attached hydrogen (secondary N) is 2. The van der Waals surface area contributed by atoms with E-state index in [4.69, 9.17) is 4.74 Å². The van der Waals surface area contributed by atoms with Gasteiger partial charge in [-0.15, -0.1) is 0 Å². The van der Waals surface area contributed by atoms with E-state index >= 15 is 0 Å². The highest BCUT2D eigenvalue weighted by Crippen LogP contribution is 2.19. The van der Waals surface area contributed by atoms with Crippen molar-refractivity contribution < 1.29 is 19.1 Å². The van der Waals surface area contributed by atoms with E-state index in [1.165, 1.54) is 0 Å². The standard InChI is InChI=1S/C28H30N4O4/c1-2-32(25-12-4-3-5-13-25)28(35)22-9-6-10-23(18-22)29-20-26(33)30-24-11-7-8-21(19-24)27(34)31-14-16-36-17-15-31/h3-13,18-19,29H,2,14-17,20H2,1H3,(H,30,33). The molecule has 0 aliphatic carbocycles. The topological polar surface area (TPSA) is 91.0 Å². The fourth-order valence-electron chi connectivity index (χ4n) is 4.04. The average Bonchev–Trinajstić information content (AvgIpc) is 2.93. The number of amides is 3. The van der Waals surface area contributed by atoms with E-state index in [9.17, 15) is 14.4 Å². The number of anilines is 3. The van der Waals surface area contributed by atoms with Crippen molar-refractivity contribution in [2.75, 3.05) is 54.9 Å². The average molecular weight is 487 g/mol. The van der Waals surface area contributed by atoms with Gasteiger partial charge in [-0.05, 0) is 55.5 Å². The number of benzene rings is 3. The van der Waals surface area contributed by atoms with Gasteiger partial charge in [0.1, 0.15) is 0 Å². The zero-order valence-corrected chi connectivity index (χ0v) is 20.3. The second kappa shape index (κ2) is 12.0. The molecule has 186 valence electrons. The minimum absolute atomic E-state index is 0.00938. The predicted octanol–water partition coefficient (Wildman–Crippen LogP) is 3.88. The summed E-state index contributed by atoms with van der Waals surface area (Å²) in [5.41, 5.74) is 3.09. The molecule has 4 rings (SSSR count). The smallest absolute Gasteiger partial charge is 0.258 e. The van der Waals surface area contributed by atoms with Crippen LogP contribution in [0, 0.1) is 0 Å². The van der Waals surface area contributed by atoms with Gasteiger partial charge in [-0.3, -0.25) is 14.4 Å². The molecule has 8 nitrogen and oxygen atoms in total. The Morgan fingerprint density at radius 1 is 0.861 bits per heavy atom. The summed E-state index contributed by atoms with van der Waals surface area (Å²) in [5.74, 6) is -0.452. The third-order valence-corrected chi connectivity index (χ3v) is 5.88. The molecule has 1 fully saturated rings. The van der Waals surface area contributed by atoms with Crippen molar-refractivity contribution in [3.05, 3.63) is 90.0 Å². The molecule has 0 atom stereocenters. The van der Waals surface area contributed by atoms with Crippen LogP contribution < -0.4 is 15.5 Å². The van der Waals surface area contributed by atoms with Gasteiger partial charge in [0.2, 0.25) is 5.91 Å². The normalized spacial score (nSPS) is 13.1. The predicted molar refractivity (Wildman–Crippen MR) is 141 cm³/mol. The van der Waals surface area contributed by atoms with Crippen molar-refractivity contribution in [1.82, 2.24) is 4.90 Å². The van der Waals surface area contributed by atoms with Crippen molar-refractivity contribution in [2.45, 2.75) is 6.92 Å². The molecule has 0 saturated carbocycles. The van der Waals surface area contributed by atoms with Crippen molar-refractivity contribution >= 4 is 34.8 Å². The highest BCUT2D eigenvalue weighted by Gasteiger charge is 2.19. The molecule has 8 heteroatoms. The van der Waals surface area contributed by atoms with E-state index < -0.39 is 0 Å². The Morgan fingerprint density at radius 2 is 1.53 bits per heavy atom. The number of hydrogen-bond acceptors (Lipinski definition) is 5. The lowest BCUT2D eigenvalue weighted by atomic mass is 10.1. The molecule has 0 aromatic heterocycles. The maximum absolute atomic E-state index is 13.1. The maximum atomic E-state index is 13.1. The largest absolute Gasteiger partial charge is 0.378 e. The lowest BCUT2D eigenvalue weighted by Gasteiger charge is -2.27. The minimum Gasteiger partial charge on any atom is -0.378 e. The number of para-hydroxylation sites is 1. The van der Waals surface area contributed by atoms with Crippen LogP contribution in [0.2, 0.25) is 0 Å². The molecule has 0 radical (unpaired) electrons. The van der Waals surface area contributed by atoms with Gasteiger partial charge in [0.25, 0.3) is 11.8 Å². The molecule has 1 heterocycles. The van der Waals surface area contributed by atoms with E-state index in [1.807, 2.05) is 43.3 Å². The first kappa shape index (κ1) is 24.9. The number of rotatable bonds is 8. The number of nitrogens with zero attached hydrogens (tertiary/aromatic N) is 2. The molecule has 0 unspecified atom stereocenters. The van der Waals surface area contributed by atoms with E-state index in [2.05, 4.69) is 10.6 Å². The summed E-state index contributed by atoms with van der Waals surface area (Å²) in [6.45, 7) is 4.66. The van der Waals surface area contributed by atoms with Crippen LogP contribution in [0.4, 0.5) is 17.1 Å². The Labute approximate surface area is 210 Å². The van der Waals surface area contributed by atoms with E-state index in [1.54, 1.807) is 52.3 Å². The van der Waals surface area contributed by atoms with Gasteiger partial charge in [0.05, 0.1) is 19.8 Å². The Kier molecular flexibility index (Phi) is 8.31. The Morgan fingerprint density at radius 3 is 2.25 bits per heavy atom. The molecule has 3 amide bonds. The first-order chi connectivity index (χ1) is 17.5. The summed E-state index contributed by atoms with van der Waals surface area (Å²) in [5, 5.41) is 5.90. The van der Waals surface area contributed by atoms with Gasteiger partial charge in [-0.1, -0.05) is 30.3 Å². The number of morpholine rings is 1. The van der Waals surface area contributed by atoms with Crippen LogP contribution in [0.5, 0.6) is 0 Å². The number of ether oxygens (including phenoxy) is 1. The summed E-state index contributed by atoms with van der Waals surface area (Å²) < 4.78 is 5.30. The van der Waals surface area contributed by atoms with Crippen molar-refractivity contribution in [3.8, 4) is 0 Å². The second-order valence-corrected chi connectivity index (χ2v) is 8.35. The molecule has 0 bridgehead atoms. The second-order valence-electron chi connectivity index (χ2n) is 8.35. The van der Waals surface area contributed by atoms with Crippen molar-refractivity contribution in [3.63, 3.8) is 0 Å². The highest BCUT2D eigenvalue weighted by molar-refractivity contribution is 6.06. The Hall–Kier alpha value is -4.17. The van der Waals surface area contributed by atoms with Gasteiger partial charge in [-0.2, -0.15) is 0 Å². The fraction of sp³-hybridized carbons (Fsp3) is 0.250. The molecule has 3 aromatic carbocycles. The van der Waals surface area contributed by atoms with E-state index in [-0.39, 0.29) is 24.3 Å². The Bertz CT molecular complexity index is 1210. The Balaban J connectivity index is 1.35. The summed E-state index contributed by atoms with van der Waals surface area (Å²) in [6, 6.07) is 23.5. The number of hydrogen-bond donors (Lipinski definition) is 2. The van der Waals surface area contributed by atoms with Crippen LogP contribution in [0.15, 0.2) is 78.9 Å². The first-order valence-corrected chi connectivity index (χ1v) is 12.0. The summed E-state index contributed by atoms with van der Waals surface area (Å²) >= 11 is 0. The molecule has 0 spiro atoms. The van der Waals surface area contributed by atoms with Crippen molar-refractivity contribution in [2.24, 2.45) is 0 Å². The van der Waals surface area contributed by atoms with Crippen LogP contribution in [-0.2, 0) is 9.53 Å². The molecule has 1 aliphatic rings. The fourth-order valence-corrected chi connectivity index (χ4v) is 4.04. The van der Waals surface area contributed by atoms with Gasteiger partial charge in [0.15, 0.2) is 0 Å². The first-order valence-electron chi connectivity index (χ1n) is 12.0. The lowest BCUT2D eigenvalue weighted by Crippen LogP contribution is -2.40. The van der Waals surface area contributed by atoms with E-state index in [0.29, 0.717) is 55.3 Å². The molecule has 3 aromatic rings. The number of carbonyl (C=O) groups is 3. The summed E-state index contributed by atoms with van der Waals surface area (Å²) in [6.07, 6.45) is 0. The van der Waals surface area contributed by atoms with Crippen LogP contribution in [-0.4, -0.2) is 62.0 Å². The van der Waals surface area contributed by atoms with Crippen LogP contribution in [0.1, 0.15) is 27.6 Å². The molecule has 1 saturated heterocycles. The highest BCUT2D eigenvalue weighted by atomic mass is 16.5. The zero-order chi connectivity index (χ0) is 25.3.